The lowest BCUT2D eigenvalue weighted by Crippen LogP contribution is -2.32. The lowest BCUT2D eigenvalue weighted by atomic mass is 9.84. The van der Waals surface area contributed by atoms with Crippen LogP contribution in [-0.2, 0) is 73.4 Å². The first kappa shape index (κ1) is 103. The molecule has 36 heteroatoms. The number of ether oxygens (including phenoxy) is 5. The van der Waals surface area contributed by atoms with Crippen molar-refractivity contribution in [2.75, 3.05) is 78.4 Å². The van der Waals surface area contributed by atoms with Crippen LogP contribution in [-0.4, -0.2) is 166 Å². The second-order valence-corrected chi connectivity index (χ2v) is 30.8. The number of halogens is 3. The number of esters is 4. The fourth-order valence-electron chi connectivity index (χ4n) is 12.1. The number of urea groups is 3. The van der Waals surface area contributed by atoms with Crippen LogP contribution < -0.4 is 46.4 Å². The molecule has 0 atom stereocenters. The lowest BCUT2D eigenvalue weighted by molar-refractivity contribution is -0.139. The van der Waals surface area contributed by atoms with Crippen LogP contribution in [0, 0.1) is 13.8 Å². The number of pyridine rings is 2. The van der Waals surface area contributed by atoms with Crippen LogP contribution >= 0.6 is 34.8 Å². The highest BCUT2D eigenvalue weighted by molar-refractivity contribution is 6.45. The van der Waals surface area contributed by atoms with Crippen LogP contribution in [0.2, 0.25) is 15.1 Å². The number of hydrogen-bond acceptors (Lipinski definition) is 23. The summed E-state index contributed by atoms with van der Waals surface area (Å²) in [6.07, 6.45) is 8.08. The number of rotatable bonds is 25. The molecule has 7 N–H and O–H groups in total. The van der Waals surface area contributed by atoms with Gasteiger partial charge in [0.05, 0.1) is 83.1 Å². The molecule has 0 unspecified atom stereocenters. The molecule has 0 fully saturated rings. The number of anilines is 5. The van der Waals surface area contributed by atoms with Crippen molar-refractivity contribution in [2.45, 2.75) is 54.5 Å². The maximum absolute atomic E-state index is 12.7. The Balaban J connectivity index is 0.000000180. The number of H-pyrrole nitrogens is 1. The SMILES string of the molecule is C=C(C)C(=O)OCCCOc1cccc2ccc(C)nc12.C=C(C)C(=O)OCCNC(=O)Nc1ccc2c(c1)C(=O)c1ccccc1C2=O.C=C(C)C(=O)OCCNC(=O)Nc1cccc2ccc(C)nc12.C=C(C)C(=O)OCCNC(=O)Nc1nc2ccccc2[nH]1.O=C1C=CC(=O)N1Cc1ccccc1.O=C1C=CC(=O)N1c1c(Cl)cc(Cl)cc1Cl.O=C1C=CC(=O)N1c1ccccc1. The molecule has 11 aromatic rings. The van der Waals surface area contributed by atoms with Gasteiger partial charge in [-0.05, 0) is 126 Å². The third-order valence-electron chi connectivity index (χ3n) is 18.7. The minimum Gasteiger partial charge on any atom is -0.491 e. The van der Waals surface area contributed by atoms with Crippen molar-refractivity contribution in [3.05, 3.63) is 340 Å². The van der Waals surface area contributed by atoms with Crippen LogP contribution in [0.3, 0.4) is 0 Å². The Morgan fingerprint density at radius 1 is 0.404 bits per heavy atom. The van der Waals surface area contributed by atoms with E-state index in [9.17, 15) is 71.9 Å². The van der Waals surface area contributed by atoms with Crippen LogP contribution in [0.4, 0.5) is 43.1 Å². The van der Waals surface area contributed by atoms with Gasteiger partial charge in [-0.25, -0.2) is 53.3 Å². The van der Waals surface area contributed by atoms with Gasteiger partial charge in [0, 0.05) is 120 Å². The molecule has 1 aliphatic carbocycles. The molecule has 136 heavy (non-hydrogen) atoms. The minimum absolute atomic E-state index is 0.00702. The number of benzene rings is 8. The highest BCUT2D eigenvalue weighted by atomic mass is 35.5. The van der Waals surface area contributed by atoms with Crippen molar-refractivity contribution in [3.63, 3.8) is 0 Å². The van der Waals surface area contributed by atoms with Crippen molar-refractivity contribution >= 4 is 185 Å². The summed E-state index contributed by atoms with van der Waals surface area (Å²) in [7, 11) is 0. The van der Waals surface area contributed by atoms with E-state index in [1.54, 1.807) is 81.4 Å². The highest BCUT2D eigenvalue weighted by Crippen LogP contribution is 2.38. The zero-order valence-electron chi connectivity index (χ0n) is 74.4. The predicted molar refractivity (Wildman–Crippen MR) is 515 cm³/mol. The van der Waals surface area contributed by atoms with Gasteiger partial charge in [-0.15, -0.1) is 0 Å². The first-order chi connectivity index (χ1) is 65.0. The normalized spacial score (nSPS) is 12.2. The van der Waals surface area contributed by atoms with Gasteiger partial charge in [0.15, 0.2) is 11.6 Å². The van der Waals surface area contributed by atoms with Crippen molar-refractivity contribution in [2.24, 2.45) is 0 Å². The summed E-state index contributed by atoms with van der Waals surface area (Å²) in [5.74, 6) is -3.21. The van der Waals surface area contributed by atoms with Gasteiger partial charge >= 0.3 is 42.0 Å². The molecular formula is C100H92Cl3N13O20. The number of aromatic amines is 1. The van der Waals surface area contributed by atoms with Gasteiger partial charge in [-0.1, -0.05) is 182 Å². The fraction of sp³-hybridized carbons (Fsp3) is 0.160. The van der Waals surface area contributed by atoms with Gasteiger partial charge in [0.25, 0.3) is 35.4 Å². The van der Waals surface area contributed by atoms with Gasteiger partial charge in [-0.2, -0.15) is 0 Å². The Hall–Kier alpha value is -16.7. The molecule has 698 valence electrons. The molecule has 33 nitrogen and oxygen atoms in total. The largest absolute Gasteiger partial charge is 0.491 e. The average Bonchev–Trinajstić information content (AvgIpc) is 0.895. The predicted octanol–water partition coefficient (Wildman–Crippen LogP) is 16.0. The number of para-hydroxylation sites is 5. The Morgan fingerprint density at radius 2 is 0.838 bits per heavy atom. The van der Waals surface area contributed by atoms with Crippen LogP contribution in [0.1, 0.15) is 82.9 Å². The van der Waals surface area contributed by atoms with E-state index >= 15 is 0 Å². The Labute approximate surface area is 795 Å². The third-order valence-corrected chi connectivity index (χ3v) is 19.5. The average molecular weight is 1900 g/mol. The van der Waals surface area contributed by atoms with E-state index in [2.05, 4.69) is 78.2 Å². The smallest absolute Gasteiger partial charge is 0.333 e. The number of aromatic nitrogens is 4. The Kier molecular flexibility index (Phi) is 38.4. The van der Waals surface area contributed by atoms with Gasteiger partial charge < -0.3 is 55.3 Å². The van der Waals surface area contributed by atoms with Crippen molar-refractivity contribution in [3.8, 4) is 5.75 Å². The van der Waals surface area contributed by atoms with E-state index in [0.717, 1.165) is 77.5 Å². The number of carbonyl (C=O) groups is 15. The second-order valence-electron chi connectivity index (χ2n) is 29.5. The summed E-state index contributed by atoms with van der Waals surface area (Å²) in [5.41, 5.74) is 10.4. The topological polar surface area (TPSA) is 439 Å². The molecule has 0 radical (unpaired) electrons. The molecule has 0 saturated heterocycles. The molecule has 4 aliphatic rings. The van der Waals surface area contributed by atoms with E-state index < -0.39 is 41.8 Å². The number of amides is 12. The first-order valence-corrected chi connectivity index (χ1v) is 42.7. The molecule has 8 aromatic carbocycles. The molecule has 0 spiro atoms. The molecule has 3 aliphatic heterocycles. The molecular weight excluding hydrogens is 1810 g/mol. The summed E-state index contributed by atoms with van der Waals surface area (Å²) >= 11 is 17.5. The zero-order chi connectivity index (χ0) is 98.7. The summed E-state index contributed by atoms with van der Waals surface area (Å²) in [4.78, 5) is 193. The van der Waals surface area contributed by atoms with Gasteiger partial charge in [-0.3, -0.25) is 53.6 Å². The fourth-order valence-corrected chi connectivity index (χ4v) is 13.1. The number of ketones is 2. The number of fused-ring (bicyclic) bond motifs is 5. The number of imidazole rings is 1. The quantitative estimate of drug-likeness (QED) is 0.00918. The molecule has 6 heterocycles. The highest BCUT2D eigenvalue weighted by Gasteiger charge is 2.32. The van der Waals surface area contributed by atoms with E-state index in [0.29, 0.717) is 87.6 Å². The van der Waals surface area contributed by atoms with Gasteiger partial charge in [0.2, 0.25) is 5.95 Å². The summed E-state index contributed by atoms with van der Waals surface area (Å²) in [5, 5.41) is 18.3. The van der Waals surface area contributed by atoms with E-state index in [-0.39, 0.29) is 114 Å². The van der Waals surface area contributed by atoms with E-state index in [1.165, 1.54) is 60.4 Å². The second kappa shape index (κ2) is 50.7. The standard InChI is InChI=1S/C21H18N2O5.C17H19N3O3.C17H19NO3.C14H16N4O3.C11H9NO2.C10H4Cl3NO2.C10H7NO2/c1-12(2)20(26)28-10-9-22-21(27)23-13-7-8-16-17(11-13)19(25)15-6-4-3-5-14(15)18(16)24;1-11(2)16(21)23-10-9-18-17(22)20-14-6-4-5-13-8-7-12(3)19-15(13)14;1-12(2)17(19)21-11-5-10-20-15-7-4-6-14-9-8-13(3)18-16(14)15;1-9(2)12(19)21-8-7-15-14(20)18-13-16-10-5-3-4-6-11(10)17-13;13-10-6-7-11(14)12(10)8-9-4-2-1-3-5-9;11-5-3-6(12)10(7(13)4-5)14-8(15)1-2-9(14)16;12-9-6-7-10(13)11(9)8-4-2-1-3-5-8/h3-8,11H,1,9-10H2,2H3,(H2,22,23,27);4-8H,1,9-10H2,2-3H3,(H2,18,20,22);4,6-9H,1,5,10-11H2,2-3H3;3-6H,1,7-8H2,2H3,(H3,15,16,17,18,20);1-7H,8H2;1-4H;1-7H. The maximum atomic E-state index is 12.7. The molecule has 15 rings (SSSR count). The van der Waals surface area contributed by atoms with E-state index in [1.807, 2.05) is 129 Å². The van der Waals surface area contributed by atoms with Crippen molar-refractivity contribution in [1.29, 1.82) is 0 Å². The monoisotopic (exact) mass is 1900 g/mol. The first-order valence-electron chi connectivity index (χ1n) is 41.5. The number of nitrogens with zero attached hydrogens (tertiary/aromatic N) is 6. The number of carbonyl (C=O) groups excluding carboxylic acids is 15. The van der Waals surface area contributed by atoms with Crippen molar-refractivity contribution < 1.29 is 95.6 Å². The van der Waals surface area contributed by atoms with E-state index in [4.69, 9.17) is 58.5 Å². The maximum Gasteiger partial charge on any atom is 0.333 e. The van der Waals surface area contributed by atoms with Crippen LogP contribution in [0.25, 0.3) is 32.8 Å². The molecule has 0 saturated carbocycles. The third kappa shape index (κ3) is 30.5. The number of hydrogen-bond donors (Lipinski definition) is 7. The lowest BCUT2D eigenvalue weighted by Gasteiger charge is -2.18. The summed E-state index contributed by atoms with van der Waals surface area (Å²) in [6, 6.07) is 57.7. The molecule has 0 bridgehead atoms. The number of aryl methyl sites for hydroxylation is 2. The Morgan fingerprint density at radius 3 is 1.36 bits per heavy atom. The molecule has 3 aromatic heterocycles. The summed E-state index contributed by atoms with van der Waals surface area (Å²) in [6.45, 7) is 25.9. The van der Waals surface area contributed by atoms with Gasteiger partial charge in [0.1, 0.15) is 31.1 Å². The molecule has 12 amide bonds. The van der Waals surface area contributed by atoms with Crippen molar-refractivity contribution in [1.82, 2.24) is 40.8 Å². The number of imide groups is 3. The number of nitrogens with one attached hydrogen (secondary N) is 7. The summed E-state index contributed by atoms with van der Waals surface area (Å²) < 4.78 is 25.4. The van der Waals surface area contributed by atoms with Crippen LogP contribution in [0.5, 0.6) is 5.75 Å². The minimum atomic E-state index is -0.527. The van der Waals surface area contributed by atoms with Crippen LogP contribution in [0.15, 0.2) is 285 Å². The zero-order valence-corrected chi connectivity index (χ0v) is 76.7. The Bertz CT molecular complexity index is 6470.